The lowest BCUT2D eigenvalue weighted by molar-refractivity contribution is -0.193. The van der Waals surface area contributed by atoms with Gasteiger partial charge in [-0.15, -0.1) is 0 Å². The highest BCUT2D eigenvalue weighted by Gasteiger charge is 2.39. The first-order valence-corrected chi connectivity index (χ1v) is 14.7. The van der Waals surface area contributed by atoms with E-state index in [0.29, 0.717) is 29.4 Å². The summed E-state index contributed by atoms with van der Waals surface area (Å²) in [6.07, 6.45) is -6.77. The number of anilines is 2. The van der Waals surface area contributed by atoms with Gasteiger partial charge >= 0.3 is 24.3 Å². The lowest BCUT2D eigenvalue weighted by Gasteiger charge is -2.27. The van der Waals surface area contributed by atoms with Gasteiger partial charge in [0.25, 0.3) is 0 Å². The van der Waals surface area contributed by atoms with Crippen LogP contribution >= 0.6 is 0 Å². The zero-order chi connectivity index (χ0) is 38.7. The predicted molar refractivity (Wildman–Crippen MR) is 172 cm³/mol. The number of carboxylic acids is 2. The van der Waals surface area contributed by atoms with Crippen molar-refractivity contribution in [3.63, 3.8) is 0 Å². The third kappa shape index (κ3) is 12.5. The second kappa shape index (κ2) is 17.7. The van der Waals surface area contributed by atoms with Gasteiger partial charge in [-0.05, 0) is 64.1 Å². The summed E-state index contributed by atoms with van der Waals surface area (Å²) in [7, 11) is 0. The summed E-state index contributed by atoms with van der Waals surface area (Å²) in [5, 5.41) is 22.0. The fourth-order valence-electron chi connectivity index (χ4n) is 4.01. The van der Waals surface area contributed by atoms with Gasteiger partial charge in [0.05, 0.1) is 24.9 Å². The first-order chi connectivity index (χ1) is 23.6. The fraction of sp³-hybridized carbons (Fsp3) is 0.273. The number of carboxylic acid groups (broad SMARTS) is 2. The molecule has 5 N–H and O–H groups in total. The average molecular weight is 730 g/mol. The molecule has 11 nitrogen and oxygen atoms in total. The monoisotopic (exact) mass is 729 g/mol. The Balaban J connectivity index is 0.000000543. The molecule has 0 fully saturated rings. The van der Waals surface area contributed by atoms with Crippen LogP contribution in [-0.2, 0) is 16.1 Å². The van der Waals surface area contributed by atoms with E-state index in [4.69, 9.17) is 40.4 Å². The Bertz CT molecular complexity index is 1750. The number of ether oxygens (including phenoxy) is 2. The van der Waals surface area contributed by atoms with E-state index < -0.39 is 30.1 Å². The summed E-state index contributed by atoms with van der Waals surface area (Å²) in [6, 6.07) is 18.5. The second-order valence-electron chi connectivity index (χ2n) is 10.6. The zero-order valence-electron chi connectivity index (χ0n) is 27.5. The van der Waals surface area contributed by atoms with Crippen LogP contribution in [0.4, 0.5) is 42.1 Å². The molecule has 51 heavy (non-hydrogen) atoms. The molecular formula is C33H34F7N5O6. The molecular weight excluding hydrogens is 695 g/mol. The number of carbonyl (C=O) groups is 2. The molecule has 4 aromatic rings. The minimum atomic E-state index is -5.08. The maximum absolute atomic E-state index is 16.0. The Morgan fingerprint density at radius 2 is 1.49 bits per heavy atom. The van der Waals surface area contributed by atoms with E-state index in [2.05, 4.69) is 4.98 Å². The number of aliphatic carboxylic acids is 2. The molecule has 0 radical (unpaired) electrons. The summed E-state index contributed by atoms with van der Waals surface area (Å²) < 4.78 is 93.0. The minimum absolute atomic E-state index is 0.0369. The van der Waals surface area contributed by atoms with Crippen molar-refractivity contribution in [3.05, 3.63) is 95.8 Å². The maximum atomic E-state index is 16.0. The first kappa shape index (κ1) is 41.4. The molecule has 0 aliphatic heterocycles. The summed E-state index contributed by atoms with van der Waals surface area (Å²) in [5.74, 6) is -4.72. The van der Waals surface area contributed by atoms with Crippen molar-refractivity contribution in [1.29, 1.82) is 5.41 Å². The Kier molecular flexibility index (Phi) is 14.4. The van der Waals surface area contributed by atoms with Crippen molar-refractivity contribution in [2.24, 2.45) is 5.73 Å². The molecule has 276 valence electrons. The number of nitrogens with zero attached hydrogens (tertiary/aromatic N) is 3. The zero-order valence-corrected chi connectivity index (χ0v) is 27.5. The highest BCUT2D eigenvalue weighted by atomic mass is 19.4. The number of hydrogen-bond acceptors (Lipinski definition) is 7. The molecule has 0 bridgehead atoms. The number of halogens is 7. The van der Waals surface area contributed by atoms with Crippen LogP contribution in [-0.4, -0.2) is 62.6 Å². The number of hydrogen-bond donors (Lipinski definition) is 4. The Labute approximate surface area is 287 Å². The van der Waals surface area contributed by atoms with Crippen LogP contribution in [0.15, 0.2) is 73.1 Å². The van der Waals surface area contributed by atoms with Gasteiger partial charge in [0, 0.05) is 41.5 Å². The lowest BCUT2D eigenvalue weighted by Crippen LogP contribution is -2.21. The van der Waals surface area contributed by atoms with Crippen LogP contribution in [0.5, 0.6) is 11.5 Å². The fourth-order valence-corrected chi connectivity index (χ4v) is 4.01. The van der Waals surface area contributed by atoms with Gasteiger partial charge in [-0.3, -0.25) is 5.41 Å². The smallest absolute Gasteiger partial charge is 0.490 e. The summed E-state index contributed by atoms with van der Waals surface area (Å²) >= 11 is 0. The third-order valence-corrected chi connectivity index (χ3v) is 6.26. The number of benzene rings is 3. The van der Waals surface area contributed by atoms with Crippen LogP contribution in [0.3, 0.4) is 0 Å². The predicted octanol–water partition coefficient (Wildman–Crippen LogP) is 7.39. The molecule has 0 spiro atoms. The molecule has 3 aromatic carbocycles. The molecule has 0 unspecified atom stereocenters. The quantitative estimate of drug-likeness (QED) is 0.0740. The molecule has 18 heteroatoms. The van der Waals surface area contributed by atoms with E-state index in [1.807, 2.05) is 79.8 Å². The minimum Gasteiger partial charge on any atom is -0.494 e. The number of aryl methyl sites for hydroxylation is 1. The van der Waals surface area contributed by atoms with Crippen molar-refractivity contribution in [2.45, 2.75) is 52.7 Å². The van der Waals surface area contributed by atoms with Crippen LogP contribution in [0, 0.1) is 18.2 Å². The van der Waals surface area contributed by atoms with E-state index in [-0.39, 0.29) is 29.9 Å². The number of nitrogen functional groups attached to an aromatic ring is 1. The van der Waals surface area contributed by atoms with Gasteiger partial charge in [0.15, 0.2) is 11.6 Å². The number of rotatable bonds is 10. The number of imidazole rings is 1. The molecule has 0 aliphatic carbocycles. The van der Waals surface area contributed by atoms with Crippen molar-refractivity contribution in [3.8, 4) is 17.2 Å². The normalized spacial score (nSPS) is 11.1. The van der Waals surface area contributed by atoms with Crippen LogP contribution < -0.4 is 20.1 Å². The molecule has 0 amide bonds. The number of nitrogens with two attached hydrogens (primary N) is 1. The lowest BCUT2D eigenvalue weighted by atomic mass is 10.1. The molecule has 0 saturated heterocycles. The first-order valence-electron chi connectivity index (χ1n) is 14.7. The van der Waals surface area contributed by atoms with Gasteiger partial charge in [0.1, 0.15) is 17.4 Å². The largest absolute Gasteiger partial charge is 0.494 e. The van der Waals surface area contributed by atoms with Crippen molar-refractivity contribution in [1.82, 2.24) is 9.55 Å². The maximum Gasteiger partial charge on any atom is 0.490 e. The molecule has 1 heterocycles. The summed E-state index contributed by atoms with van der Waals surface area (Å²) in [5.41, 5.74) is 9.34. The van der Waals surface area contributed by atoms with E-state index >= 15 is 4.39 Å². The van der Waals surface area contributed by atoms with Crippen LogP contribution in [0.1, 0.15) is 37.7 Å². The molecule has 0 atom stereocenters. The van der Waals surface area contributed by atoms with Gasteiger partial charge in [-0.25, -0.2) is 19.0 Å². The standard InChI is InChI=1S/C29H32FN5O2.2C2HF3O2/c1-5-36-24-16-25(28(30)26(17-24)37-19(2)3)35(23-12-8-21(9-13-23)29(31)32)18-27-33-14-15-34(27)22-10-6-20(4)7-11-22;2*3-2(4,5)1(6)7/h6-17,19H,5,18H2,1-4H3,(H3,31,32);2*(H,6,7). The van der Waals surface area contributed by atoms with E-state index in [9.17, 15) is 26.3 Å². The number of aromatic nitrogens is 2. The number of nitrogens with one attached hydrogen (secondary N) is 1. The van der Waals surface area contributed by atoms with Crippen molar-refractivity contribution >= 4 is 29.1 Å². The molecule has 1 aromatic heterocycles. The molecule has 4 rings (SSSR count). The third-order valence-electron chi connectivity index (χ3n) is 6.26. The van der Waals surface area contributed by atoms with Crippen LogP contribution in [0.2, 0.25) is 0 Å². The molecule has 0 aliphatic rings. The van der Waals surface area contributed by atoms with E-state index in [0.717, 1.165) is 11.3 Å². The van der Waals surface area contributed by atoms with E-state index in [1.54, 1.807) is 30.5 Å². The second-order valence-corrected chi connectivity index (χ2v) is 10.6. The highest BCUT2D eigenvalue weighted by Crippen LogP contribution is 2.38. The number of alkyl halides is 6. The Morgan fingerprint density at radius 1 is 0.961 bits per heavy atom. The van der Waals surface area contributed by atoms with Gasteiger partial charge in [0.2, 0.25) is 0 Å². The topological polar surface area (TPSA) is 164 Å². The molecule has 0 saturated carbocycles. The summed E-state index contributed by atoms with van der Waals surface area (Å²) in [4.78, 5) is 24.2. The van der Waals surface area contributed by atoms with Crippen molar-refractivity contribution < 1.29 is 60.0 Å². The van der Waals surface area contributed by atoms with Crippen LogP contribution in [0.25, 0.3) is 5.69 Å². The van der Waals surface area contributed by atoms with E-state index in [1.165, 1.54) is 0 Å². The Morgan fingerprint density at radius 3 is 1.94 bits per heavy atom. The number of amidine groups is 1. The highest BCUT2D eigenvalue weighted by molar-refractivity contribution is 5.95. The van der Waals surface area contributed by atoms with Gasteiger partial charge in [-0.2, -0.15) is 26.3 Å². The van der Waals surface area contributed by atoms with Crippen molar-refractivity contribution in [2.75, 3.05) is 11.5 Å². The summed E-state index contributed by atoms with van der Waals surface area (Å²) in [6.45, 7) is 8.30. The van der Waals surface area contributed by atoms with Gasteiger partial charge < -0.3 is 34.9 Å². The SMILES string of the molecule is CCOc1cc(OC(C)C)c(F)c(N(Cc2nccn2-c2ccc(C)cc2)c2ccc(C(=N)N)cc2)c1.O=C(O)C(F)(F)F.O=C(O)C(F)(F)F. The average Bonchev–Trinajstić information content (AvgIpc) is 3.50. The Hall–Kier alpha value is -5.81. The van der Waals surface area contributed by atoms with Gasteiger partial charge in [-0.1, -0.05) is 17.7 Å².